The van der Waals surface area contributed by atoms with Gasteiger partial charge in [0, 0.05) is 5.39 Å². The van der Waals surface area contributed by atoms with Crippen LogP contribution in [0.25, 0.3) is 16.7 Å². The van der Waals surface area contributed by atoms with Gasteiger partial charge in [-0.1, -0.05) is 43.0 Å². The minimum absolute atomic E-state index is 0.155. The van der Waals surface area contributed by atoms with Gasteiger partial charge in [0.15, 0.2) is 5.76 Å². The number of amides is 1. The lowest BCUT2D eigenvalue weighted by molar-refractivity contribution is 0.0943. The van der Waals surface area contributed by atoms with E-state index in [2.05, 4.69) is 22.2 Å². The molecule has 0 unspecified atom stereocenters. The Kier molecular flexibility index (Phi) is 5.30. The number of nitrogens with one attached hydrogen (secondary N) is 3. The minimum Gasteiger partial charge on any atom is -0.454 e. The van der Waals surface area contributed by atoms with E-state index in [-0.39, 0.29) is 15.5 Å². The molecule has 9 heteroatoms. The second kappa shape index (κ2) is 8.05. The van der Waals surface area contributed by atoms with Crippen LogP contribution in [0.1, 0.15) is 16.1 Å². The van der Waals surface area contributed by atoms with E-state index in [1.54, 1.807) is 29.6 Å². The standard InChI is InChI=1S/C21H17N3O4S2/c1-14(19-13-15-7-2-5-10-18(15)28-19)22-23-21(25)16-8-3-4-9-17(16)24-30(26,27)20-11-6-12-29-20/h2-13,22,24H,1H2,(H,23,25). The second-order valence-corrected chi connectivity index (χ2v) is 9.15. The molecule has 0 atom stereocenters. The summed E-state index contributed by atoms with van der Waals surface area (Å²) in [4.78, 5) is 12.7. The summed E-state index contributed by atoms with van der Waals surface area (Å²) in [5.74, 6) is -0.0556. The molecule has 4 rings (SSSR count). The van der Waals surface area contributed by atoms with Gasteiger partial charge >= 0.3 is 0 Å². The number of sulfonamides is 1. The lowest BCUT2D eigenvalue weighted by atomic mass is 10.2. The van der Waals surface area contributed by atoms with Crippen molar-refractivity contribution in [3.8, 4) is 0 Å². The van der Waals surface area contributed by atoms with Crippen molar-refractivity contribution in [2.75, 3.05) is 4.72 Å². The smallest absolute Gasteiger partial charge is 0.271 e. The Morgan fingerprint density at radius 3 is 2.50 bits per heavy atom. The van der Waals surface area contributed by atoms with Gasteiger partial charge in [-0.05, 0) is 35.7 Å². The predicted molar refractivity (Wildman–Crippen MR) is 117 cm³/mol. The van der Waals surface area contributed by atoms with Gasteiger partial charge < -0.3 is 4.42 Å². The van der Waals surface area contributed by atoms with Crippen LogP contribution in [0.4, 0.5) is 5.69 Å². The number of benzene rings is 2. The van der Waals surface area contributed by atoms with Crippen molar-refractivity contribution in [3.63, 3.8) is 0 Å². The Morgan fingerprint density at radius 2 is 1.73 bits per heavy atom. The van der Waals surface area contributed by atoms with Crippen LogP contribution in [0.15, 0.2) is 87.3 Å². The van der Waals surface area contributed by atoms with Crippen LogP contribution in [-0.4, -0.2) is 14.3 Å². The Balaban J connectivity index is 1.48. The topological polar surface area (TPSA) is 100 Å². The maximum atomic E-state index is 12.7. The summed E-state index contributed by atoms with van der Waals surface area (Å²) in [6.45, 7) is 3.87. The van der Waals surface area contributed by atoms with E-state index < -0.39 is 15.9 Å². The zero-order valence-electron chi connectivity index (χ0n) is 15.6. The van der Waals surface area contributed by atoms with Gasteiger partial charge in [-0.25, -0.2) is 8.42 Å². The molecular formula is C21H17N3O4S2. The fraction of sp³-hybridized carbons (Fsp3) is 0. The first-order valence-corrected chi connectivity index (χ1v) is 11.2. The van der Waals surface area contributed by atoms with Crippen molar-refractivity contribution >= 4 is 49.6 Å². The van der Waals surface area contributed by atoms with Crippen molar-refractivity contribution in [3.05, 3.63) is 90.0 Å². The van der Waals surface area contributed by atoms with Crippen molar-refractivity contribution in [2.45, 2.75) is 4.21 Å². The first-order valence-electron chi connectivity index (χ1n) is 8.83. The van der Waals surface area contributed by atoms with Crippen molar-refractivity contribution in [1.29, 1.82) is 0 Å². The molecule has 2 heterocycles. The van der Waals surface area contributed by atoms with Gasteiger partial charge in [0.1, 0.15) is 9.79 Å². The van der Waals surface area contributed by atoms with Gasteiger partial charge in [-0.2, -0.15) is 0 Å². The zero-order chi connectivity index (χ0) is 21.1. The number of hydrogen-bond acceptors (Lipinski definition) is 6. The average molecular weight is 440 g/mol. The number of thiophene rings is 1. The number of hydrogen-bond donors (Lipinski definition) is 3. The molecule has 0 aliphatic carbocycles. The molecule has 2 aromatic heterocycles. The zero-order valence-corrected chi connectivity index (χ0v) is 17.2. The quantitative estimate of drug-likeness (QED) is 0.375. The molecule has 2 aromatic carbocycles. The number of rotatable bonds is 7. The molecule has 7 nitrogen and oxygen atoms in total. The van der Waals surface area contributed by atoms with E-state index in [9.17, 15) is 13.2 Å². The molecule has 0 saturated carbocycles. The van der Waals surface area contributed by atoms with E-state index >= 15 is 0 Å². The monoisotopic (exact) mass is 439 g/mol. The van der Waals surface area contributed by atoms with Gasteiger partial charge in [0.2, 0.25) is 0 Å². The predicted octanol–water partition coefficient (Wildman–Crippen LogP) is 4.20. The fourth-order valence-electron chi connectivity index (χ4n) is 2.77. The van der Waals surface area contributed by atoms with Crippen molar-refractivity contribution in [1.82, 2.24) is 10.9 Å². The second-order valence-electron chi connectivity index (χ2n) is 6.29. The molecule has 0 aliphatic heterocycles. The highest BCUT2D eigenvalue weighted by Crippen LogP contribution is 2.24. The summed E-state index contributed by atoms with van der Waals surface area (Å²) in [5.41, 5.74) is 6.62. The molecular weight excluding hydrogens is 422 g/mol. The summed E-state index contributed by atoms with van der Waals surface area (Å²) in [7, 11) is -3.78. The molecule has 152 valence electrons. The number of carbonyl (C=O) groups excluding carboxylic acids is 1. The van der Waals surface area contributed by atoms with Crippen LogP contribution in [0, 0.1) is 0 Å². The summed E-state index contributed by atoms with van der Waals surface area (Å²) in [6, 6.07) is 18.8. The lowest BCUT2D eigenvalue weighted by Gasteiger charge is -2.13. The average Bonchev–Trinajstić information content (AvgIpc) is 3.42. The Hall–Kier alpha value is -3.56. The number of fused-ring (bicyclic) bond motifs is 1. The molecule has 0 radical (unpaired) electrons. The van der Waals surface area contributed by atoms with E-state index in [0.29, 0.717) is 17.0 Å². The van der Waals surface area contributed by atoms with E-state index in [1.807, 2.05) is 24.3 Å². The third-order valence-electron chi connectivity index (χ3n) is 4.23. The Morgan fingerprint density at radius 1 is 0.967 bits per heavy atom. The molecule has 0 fully saturated rings. The van der Waals surface area contributed by atoms with E-state index in [1.165, 1.54) is 18.2 Å². The summed E-state index contributed by atoms with van der Waals surface area (Å²) in [6.07, 6.45) is 0. The number of hydrazine groups is 1. The molecule has 0 bridgehead atoms. The largest absolute Gasteiger partial charge is 0.454 e. The third-order valence-corrected chi connectivity index (χ3v) is 6.99. The fourth-order valence-corrected chi connectivity index (χ4v) is 4.85. The molecule has 1 amide bonds. The van der Waals surface area contributed by atoms with E-state index in [0.717, 1.165) is 16.7 Å². The minimum atomic E-state index is -3.78. The highest BCUT2D eigenvalue weighted by atomic mass is 32.2. The number of para-hydroxylation sites is 2. The van der Waals surface area contributed by atoms with Crippen LogP contribution < -0.4 is 15.6 Å². The van der Waals surface area contributed by atoms with Gasteiger partial charge in [-0.3, -0.25) is 20.4 Å². The summed E-state index contributed by atoms with van der Waals surface area (Å²) < 4.78 is 33.3. The van der Waals surface area contributed by atoms with E-state index in [4.69, 9.17) is 4.42 Å². The lowest BCUT2D eigenvalue weighted by Crippen LogP contribution is -2.36. The SMILES string of the molecule is C=C(NNC(=O)c1ccccc1NS(=O)(=O)c1cccs1)c1cc2ccccc2o1. The Labute approximate surface area is 177 Å². The Bertz CT molecular complexity index is 1290. The number of furan rings is 1. The highest BCUT2D eigenvalue weighted by Gasteiger charge is 2.19. The normalized spacial score (nSPS) is 11.2. The molecule has 0 saturated heterocycles. The van der Waals surface area contributed by atoms with Gasteiger partial charge in [-0.15, -0.1) is 11.3 Å². The summed E-state index contributed by atoms with van der Waals surface area (Å²) >= 11 is 1.09. The molecule has 4 aromatic rings. The third kappa shape index (κ3) is 4.07. The molecule has 0 spiro atoms. The number of carbonyl (C=O) groups is 1. The maximum Gasteiger partial charge on any atom is 0.271 e. The van der Waals surface area contributed by atoms with Crippen LogP contribution in [0.3, 0.4) is 0 Å². The van der Waals surface area contributed by atoms with Crippen molar-refractivity contribution in [2.24, 2.45) is 0 Å². The van der Waals surface area contributed by atoms with Gasteiger partial charge in [0.05, 0.1) is 16.9 Å². The van der Waals surface area contributed by atoms with Crippen LogP contribution in [-0.2, 0) is 10.0 Å². The van der Waals surface area contributed by atoms with Crippen molar-refractivity contribution < 1.29 is 17.6 Å². The first-order chi connectivity index (χ1) is 14.4. The molecule has 0 aliphatic rings. The first kappa shape index (κ1) is 19.7. The molecule has 30 heavy (non-hydrogen) atoms. The number of anilines is 1. The van der Waals surface area contributed by atoms with Gasteiger partial charge in [0.25, 0.3) is 15.9 Å². The van der Waals surface area contributed by atoms with Crippen LogP contribution in [0.2, 0.25) is 0 Å². The van der Waals surface area contributed by atoms with Crippen LogP contribution in [0.5, 0.6) is 0 Å². The van der Waals surface area contributed by atoms with Crippen LogP contribution >= 0.6 is 11.3 Å². The highest BCUT2D eigenvalue weighted by molar-refractivity contribution is 7.94. The molecule has 3 N–H and O–H groups in total. The summed E-state index contributed by atoms with van der Waals surface area (Å²) in [5, 5.41) is 2.58. The maximum absolute atomic E-state index is 12.7.